The van der Waals surface area contributed by atoms with Crippen LogP contribution < -0.4 is 0 Å². The molecule has 0 aliphatic heterocycles. The van der Waals surface area contributed by atoms with Gasteiger partial charge in [0.15, 0.2) is 0 Å². The van der Waals surface area contributed by atoms with Crippen LogP contribution in [0.3, 0.4) is 0 Å². The summed E-state index contributed by atoms with van der Waals surface area (Å²) in [6.07, 6.45) is 1.09. The molecule has 0 aromatic heterocycles. The molecule has 0 radical (unpaired) electrons. The monoisotopic (exact) mass is 364 g/mol. The molecule has 0 heterocycles. The standard InChI is InChI=1S/C27H40/c1-19(20-14-12-11-13-15-20)16-21-17-23(26(5,6)7)24(27(8,9)10)18-22(21)25(2,3)4/h11-15,17-19H,16H2,1-10H3. The second kappa shape index (κ2) is 7.46. The summed E-state index contributed by atoms with van der Waals surface area (Å²) in [5.41, 5.74) is 7.86. The van der Waals surface area contributed by atoms with Gasteiger partial charge in [0, 0.05) is 0 Å². The van der Waals surface area contributed by atoms with Crippen LogP contribution in [0.15, 0.2) is 42.5 Å². The van der Waals surface area contributed by atoms with Crippen LogP contribution in [0.5, 0.6) is 0 Å². The molecule has 0 aliphatic rings. The molecule has 0 amide bonds. The molecule has 0 aliphatic carbocycles. The van der Waals surface area contributed by atoms with Crippen molar-refractivity contribution in [3.8, 4) is 0 Å². The van der Waals surface area contributed by atoms with Crippen molar-refractivity contribution in [1.29, 1.82) is 0 Å². The zero-order valence-electron chi connectivity index (χ0n) is 19.3. The van der Waals surface area contributed by atoms with Gasteiger partial charge in [0.25, 0.3) is 0 Å². The highest BCUT2D eigenvalue weighted by molar-refractivity contribution is 5.48. The molecule has 27 heavy (non-hydrogen) atoms. The van der Waals surface area contributed by atoms with Crippen molar-refractivity contribution >= 4 is 0 Å². The van der Waals surface area contributed by atoms with E-state index < -0.39 is 0 Å². The summed E-state index contributed by atoms with van der Waals surface area (Å²) in [6.45, 7) is 23.5. The molecule has 2 aromatic carbocycles. The van der Waals surface area contributed by atoms with E-state index in [-0.39, 0.29) is 16.2 Å². The van der Waals surface area contributed by atoms with E-state index in [1.807, 2.05) is 0 Å². The van der Waals surface area contributed by atoms with Gasteiger partial charge in [-0.2, -0.15) is 0 Å². The molecule has 1 atom stereocenters. The van der Waals surface area contributed by atoms with Crippen molar-refractivity contribution in [2.75, 3.05) is 0 Å². The van der Waals surface area contributed by atoms with Gasteiger partial charge in [-0.05, 0) is 56.4 Å². The number of benzene rings is 2. The quantitative estimate of drug-likeness (QED) is 0.518. The van der Waals surface area contributed by atoms with Gasteiger partial charge >= 0.3 is 0 Å². The fourth-order valence-electron chi connectivity index (χ4n) is 3.98. The highest BCUT2D eigenvalue weighted by Crippen LogP contribution is 2.40. The Kier molecular flexibility index (Phi) is 6.00. The van der Waals surface area contributed by atoms with Crippen molar-refractivity contribution in [1.82, 2.24) is 0 Å². The lowest BCUT2D eigenvalue weighted by molar-refractivity contribution is 0.518. The van der Waals surface area contributed by atoms with E-state index in [1.165, 1.54) is 27.8 Å². The van der Waals surface area contributed by atoms with E-state index in [9.17, 15) is 0 Å². The summed E-state index contributed by atoms with van der Waals surface area (Å²) in [6, 6.07) is 16.0. The molecule has 2 rings (SSSR count). The molecular formula is C27H40. The fourth-order valence-corrected chi connectivity index (χ4v) is 3.98. The average molecular weight is 365 g/mol. The maximum atomic E-state index is 2.53. The minimum atomic E-state index is 0.141. The lowest BCUT2D eigenvalue weighted by Gasteiger charge is -2.35. The van der Waals surface area contributed by atoms with E-state index >= 15 is 0 Å². The van der Waals surface area contributed by atoms with E-state index in [0.29, 0.717) is 5.92 Å². The number of hydrogen-bond donors (Lipinski definition) is 0. The molecule has 0 spiro atoms. The topological polar surface area (TPSA) is 0 Å². The van der Waals surface area contributed by atoms with Gasteiger partial charge in [0.05, 0.1) is 0 Å². The summed E-state index contributed by atoms with van der Waals surface area (Å²) >= 11 is 0. The van der Waals surface area contributed by atoms with E-state index in [4.69, 9.17) is 0 Å². The summed E-state index contributed by atoms with van der Waals surface area (Å²) in [7, 11) is 0. The Morgan fingerprint density at radius 3 is 1.52 bits per heavy atom. The highest BCUT2D eigenvalue weighted by Gasteiger charge is 2.29. The summed E-state index contributed by atoms with van der Waals surface area (Å²) in [5.74, 6) is 0.514. The molecule has 148 valence electrons. The van der Waals surface area contributed by atoms with Crippen molar-refractivity contribution in [2.45, 2.75) is 97.8 Å². The minimum absolute atomic E-state index is 0.141. The zero-order chi connectivity index (χ0) is 20.6. The van der Waals surface area contributed by atoms with Gasteiger partial charge in [-0.25, -0.2) is 0 Å². The highest BCUT2D eigenvalue weighted by atomic mass is 14.3. The first-order valence-electron chi connectivity index (χ1n) is 10.4. The molecule has 1 unspecified atom stereocenters. The van der Waals surface area contributed by atoms with Crippen molar-refractivity contribution < 1.29 is 0 Å². The zero-order valence-corrected chi connectivity index (χ0v) is 19.3. The lowest BCUT2D eigenvalue weighted by Crippen LogP contribution is -2.25. The van der Waals surface area contributed by atoms with Crippen LogP contribution in [0, 0.1) is 0 Å². The smallest absolute Gasteiger partial charge is 0.0129 e. The molecule has 0 heteroatoms. The fraction of sp³-hybridized carbons (Fsp3) is 0.556. The van der Waals surface area contributed by atoms with E-state index in [2.05, 4.69) is 112 Å². The second-order valence-corrected chi connectivity index (χ2v) is 11.3. The van der Waals surface area contributed by atoms with Gasteiger partial charge in [-0.3, -0.25) is 0 Å². The van der Waals surface area contributed by atoms with E-state index in [1.54, 1.807) is 0 Å². The Morgan fingerprint density at radius 1 is 0.630 bits per heavy atom. The first kappa shape index (κ1) is 21.7. The van der Waals surface area contributed by atoms with Gasteiger partial charge in [0.2, 0.25) is 0 Å². The van der Waals surface area contributed by atoms with Crippen LogP contribution in [0.1, 0.15) is 103 Å². The third-order valence-corrected chi connectivity index (χ3v) is 5.56. The van der Waals surface area contributed by atoms with Crippen LogP contribution in [-0.4, -0.2) is 0 Å². The molecule has 0 nitrogen and oxygen atoms in total. The Bertz CT molecular complexity index is 759. The first-order valence-corrected chi connectivity index (χ1v) is 10.4. The van der Waals surface area contributed by atoms with Crippen LogP contribution >= 0.6 is 0 Å². The summed E-state index contributed by atoms with van der Waals surface area (Å²) in [4.78, 5) is 0. The maximum absolute atomic E-state index is 2.53. The summed E-state index contributed by atoms with van der Waals surface area (Å²) < 4.78 is 0. The Morgan fingerprint density at radius 2 is 1.07 bits per heavy atom. The van der Waals surface area contributed by atoms with Gasteiger partial charge < -0.3 is 0 Å². The van der Waals surface area contributed by atoms with Gasteiger partial charge in [-0.1, -0.05) is 112 Å². The minimum Gasteiger partial charge on any atom is -0.0622 e. The lowest BCUT2D eigenvalue weighted by atomic mass is 9.70. The molecule has 0 saturated carbocycles. The summed E-state index contributed by atoms with van der Waals surface area (Å²) in [5, 5.41) is 0. The predicted octanol–water partition coefficient (Wildman–Crippen LogP) is 7.93. The van der Waals surface area contributed by atoms with E-state index in [0.717, 1.165) is 6.42 Å². The first-order chi connectivity index (χ1) is 12.2. The predicted molar refractivity (Wildman–Crippen MR) is 121 cm³/mol. The molecule has 2 aromatic rings. The Labute approximate surface area is 168 Å². The van der Waals surface area contributed by atoms with Gasteiger partial charge in [0.1, 0.15) is 0 Å². The van der Waals surface area contributed by atoms with Gasteiger partial charge in [-0.15, -0.1) is 0 Å². The van der Waals surface area contributed by atoms with Crippen molar-refractivity contribution in [3.05, 3.63) is 70.3 Å². The third-order valence-electron chi connectivity index (χ3n) is 5.56. The van der Waals surface area contributed by atoms with Crippen molar-refractivity contribution in [2.24, 2.45) is 0 Å². The molecule has 0 N–H and O–H groups in total. The Balaban J connectivity index is 2.64. The third kappa shape index (κ3) is 5.24. The van der Waals surface area contributed by atoms with Crippen LogP contribution in [-0.2, 0) is 22.7 Å². The number of rotatable bonds is 3. The molecule has 0 saturated heterocycles. The molecule has 0 fully saturated rings. The van der Waals surface area contributed by atoms with Crippen LogP contribution in [0.2, 0.25) is 0 Å². The second-order valence-electron chi connectivity index (χ2n) is 11.3. The largest absolute Gasteiger partial charge is 0.0622 e. The SMILES string of the molecule is CC(Cc1cc(C(C)(C)C)c(C(C)(C)C)cc1C(C)(C)C)c1ccccc1. The number of hydrogen-bond acceptors (Lipinski definition) is 0. The van der Waals surface area contributed by atoms with Crippen molar-refractivity contribution in [3.63, 3.8) is 0 Å². The average Bonchev–Trinajstić information content (AvgIpc) is 2.52. The maximum Gasteiger partial charge on any atom is -0.0129 e. The molecule has 0 bridgehead atoms. The van der Waals surface area contributed by atoms with Crippen LogP contribution in [0.4, 0.5) is 0 Å². The Hall–Kier alpha value is -1.56. The normalized spacial score (nSPS) is 14.3. The molecular weight excluding hydrogens is 324 g/mol. The van der Waals surface area contributed by atoms with Crippen LogP contribution in [0.25, 0.3) is 0 Å².